The average Bonchev–Trinajstić information content (AvgIpc) is 2.48. The molecular formula is C18H19ClFNO. The van der Waals surface area contributed by atoms with Crippen LogP contribution < -0.4 is 5.32 Å². The molecule has 116 valence electrons. The molecule has 0 unspecified atom stereocenters. The van der Waals surface area contributed by atoms with Crippen LogP contribution in [0, 0.1) is 11.7 Å². The highest BCUT2D eigenvalue weighted by atomic mass is 35.5. The van der Waals surface area contributed by atoms with E-state index in [1.165, 1.54) is 0 Å². The monoisotopic (exact) mass is 319 g/mol. The molecule has 0 aliphatic carbocycles. The summed E-state index contributed by atoms with van der Waals surface area (Å²) in [6, 6.07) is 12.0. The summed E-state index contributed by atoms with van der Waals surface area (Å²) in [6.07, 6.45) is 1.16. The van der Waals surface area contributed by atoms with Crippen LogP contribution in [0.15, 0.2) is 42.5 Å². The van der Waals surface area contributed by atoms with Crippen molar-refractivity contribution in [2.24, 2.45) is 5.92 Å². The molecule has 2 rings (SSSR count). The summed E-state index contributed by atoms with van der Waals surface area (Å²) in [5.41, 5.74) is 1.18. The van der Waals surface area contributed by atoms with E-state index >= 15 is 0 Å². The molecule has 2 aromatic rings. The summed E-state index contributed by atoms with van der Waals surface area (Å²) < 4.78 is 14.6. The van der Waals surface area contributed by atoms with Gasteiger partial charge in [0.05, 0.1) is 5.69 Å². The Morgan fingerprint density at radius 2 is 1.82 bits per heavy atom. The lowest BCUT2D eigenvalue weighted by molar-refractivity contribution is -0.116. The molecule has 0 aliphatic heterocycles. The molecule has 1 amide bonds. The third kappa shape index (κ3) is 4.08. The summed E-state index contributed by atoms with van der Waals surface area (Å²) in [7, 11) is 0. The predicted molar refractivity (Wildman–Crippen MR) is 89.5 cm³/mol. The average molecular weight is 320 g/mol. The van der Waals surface area contributed by atoms with Gasteiger partial charge in [0.25, 0.3) is 0 Å². The molecule has 0 saturated heterocycles. The van der Waals surface area contributed by atoms with E-state index in [2.05, 4.69) is 5.32 Å². The second kappa shape index (κ2) is 7.41. The van der Waals surface area contributed by atoms with E-state index in [1.54, 1.807) is 42.5 Å². The van der Waals surface area contributed by atoms with E-state index in [9.17, 15) is 9.18 Å². The zero-order valence-electron chi connectivity index (χ0n) is 12.7. The molecule has 22 heavy (non-hydrogen) atoms. The van der Waals surface area contributed by atoms with Gasteiger partial charge in [0, 0.05) is 22.6 Å². The minimum atomic E-state index is -0.464. The number of benzene rings is 2. The molecule has 4 heteroatoms. The number of carbonyl (C=O) groups excluding carboxylic acids is 1. The molecule has 0 spiro atoms. The highest BCUT2D eigenvalue weighted by molar-refractivity contribution is 6.33. The first-order chi connectivity index (χ1) is 10.5. The summed E-state index contributed by atoms with van der Waals surface area (Å²) in [6.45, 7) is 4.10. The number of anilines is 1. The van der Waals surface area contributed by atoms with Crippen LogP contribution in [0.4, 0.5) is 10.1 Å². The fourth-order valence-corrected chi connectivity index (χ4v) is 2.39. The van der Waals surface area contributed by atoms with E-state index in [0.29, 0.717) is 28.5 Å². The van der Waals surface area contributed by atoms with Gasteiger partial charge in [0.1, 0.15) is 0 Å². The van der Waals surface area contributed by atoms with Gasteiger partial charge in [-0.15, -0.1) is 0 Å². The Morgan fingerprint density at radius 1 is 1.14 bits per heavy atom. The van der Waals surface area contributed by atoms with E-state index < -0.39 is 5.82 Å². The number of nitrogens with one attached hydrogen (secondary N) is 1. The lowest BCUT2D eigenvalue weighted by atomic mass is 10.0. The smallest absolute Gasteiger partial charge is 0.224 e. The number of rotatable bonds is 5. The Bertz CT molecular complexity index is 670. The maximum absolute atomic E-state index is 14.6. The van der Waals surface area contributed by atoms with Crippen molar-refractivity contribution in [3.05, 3.63) is 53.3 Å². The summed E-state index contributed by atoms with van der Waals surface area (Å²) in [4.78, 5) is 11.9. The lowest BCUT2D eigenvalue weighted by Gasteiger charge is -2.11. The molecule has 0 fully saturated rings. The first kappa shape index (κ1) is 16.5. The van der Waals surface area contributed by atoms with Crippen molar-refractivity contribution in [2.75, 3.05) is 5.32 Å². The molecule has 0 saturated carbocycles. The van der Waals surface area contributed by atoms with Crippen LogP contribution in [-0.2, 0) is 4.79 Å². The van der Waals surface area contributed by atoms with Gasteiger partial charge in [-0.05, 0) is 24.5 Å². The minimum Gasteiger partial charge on any atom is -0.324 e. The van der Waals surface area contributed by atoms with Crippen molar-refractivity contribution in [1.82, 2.24) is 0 Å². The van der Waals surface area contributed by atoms with Gasteiger partial charge in [-0.3, -0.25) is 4.79 Å². The third-order valence-corrected chi connectivity index (χ3v) is 3.72. The zero-order valence-corrected chi connectivity index (χ0v) is 13.5. The van der Waals surface area contributed by atoms with Crippen LogP contribution in [0.25, 0.3) is 11.1 Å². The second-order valence-corrected chi connectivity index (χ2v) is 6.03. The minimum absolute atomic E-state index is 0.177. The second-order valence-electron chi connectivity index (χ2n) is 5.63. The maximum atomic E-state index is 14.6. The van der Waals surface area contributed by atoms with Gasteiger partial charge in [0.15, 0.2) is 5.82 Å². The number of hydrogen-bond acceptors (Lipinski definition) is 1. The van der Waals surface area contributed by atoms with Crippen molar-refractivity contribution < 1.29 is 9.18 Å². The van der Waals surface area contributed by atoms with Crippen molar-refractivity contribution in [3.63, 3.8) is 0 Å². The van der Waals surface area contributed by atoms with Crippen LogP contribution in [0.5, 0.6) is 0 Å². The third-order valence-electron chi connectivity index (χ3n) is 3.39. The Hall–Kier alpha value is -1.87. The highest BCUT2D eigenvalue weighted by Crippen LogP contribution is 2.32. The first-order valence-electron chi connectivity index (χ1n) is 7.32. The Kier molecular flexibility index (Phi) is 5.56. The number of hydrogen-bond donors (Lipinski definition) is 1. The van der Waals surface area contributed by atoms with Gasteiger partial charge in [-0.2, -0.15) is 0 Å². The van der Waals surface area contributed by atoms with Crippen LogP contribution in [0.3, 0.4) is 0 Å². The van der Waals surface area contributed by atoms with Gasteiger partial charge in [-0.25, -0.2) is 4.39 Å². The van der Waals surface area contributed by atoms with Gasteiger partial charge in [0.2, 0.25) is 5.91 Å². The standard InChI is InChI=1S/C18H19ClFNO/c1-12(2)10-11-17(22)21-16-9-5-7-14(18(16)20)13-6-3-4-8-15(13)19/h3-9,12H,10-11H2,1-2H3,(H,21,22). The van der Waals surface area contributed by atoms with Crippen molar-refractivity contribution in [2.45, 2.75) is 26.7 Å². The van der Waals surface area contributed by atoms with Gasteiger partial charge < -0.3 is 5.32 Å². The largest absolute Gasteiger partial charge is 0.324 e. The van der Waals surface area contributed by atoms with Crippen LogP contribution in [0.1, 0.15) is 26.7 Å². The Labute approximate surface area is 135 Å². The molecule has 0 heterocycles. The molecular weight excluding hydrogens is 301 g/mol. The van der Waals surface area contributed by atoms with E-state index in [4.69, 9.17) is 11.6 Å². The SMILES string of the molecule is CC(C)CCC(=O)Nc1cccc(-c2ccccc2Cl)c1F. The van der Waals surface area contributed by atoms with Crippen molar-refractivity contribution in [1.29, 1.82) is 0 Å². The Morgan fingerprint density at radius 3 is 2.50 bits per heavy atom. The molecule has 2 nitrogen and oxygen atoms in total. The molecule has 1 N–H and O–H groups in total. The van der Waals surface area contributed by atoms with E-state index in [-0.39, 0.29) is 11.6 Å². The number of amides is 1. The molecule has 0 atom stereocenters. The normalized spacial score (nSPS) is 10.8. The molecule has 0 bridgehead atoms. The molecule has 2 aromatic carbocycles. The van der Waals surface area contributed by atoms with Crippen molar-refractivity contribution in [3.8, 4) is 11.1 Å². The fourth-order valence-electron chi connectivity index (χ4n) is 2.15. The number of halogens is 2. The molecule has 0 radical (unpaired) electrons. The van der Waals surface area contributed by atoms with Gasteiger partial charge in [-0.1, -0.05) is 55.8 Å². The quantitative estimate of drug-likeness (QED) is 0.772. The van der Waals surface area contributed by atoms with E-state index in [0.717, 1.165) is 6.42 Å². The summed E-state index contributed by atoms with van der Waals surface area (Å²) >= 11 is 6.12. The summed E-state index contributed by atoms with van der Waals surface area (Å²) in [5.74, 6) is -0.206. The van der Waals surface area contributed by atoms with E-state index in [1.807, 2.05) is 13.8 Å². The Balaban J connectivity index is 2.23. The van der Waals surface area contributed by atoms with Crippen LogP contribution in [-0.4, -0.2) is 5.91 Å². The van der Waals surface area contributed by atoms with Gasteiger partial charge >= 0.3 is 0 Å². The zero-order chi connectivity index (χ0) is 16.1. The highest BCUT2D eigenvalue weighted by Gasteiger charge is 2.14. The maximum Gasteiger partial charge on any atom is 0.224 e. The topological polar surface area (TPSA) is 29.1 Å². The fraction of sp³-hybridized carbons (Fsp3) is 0.278. The predicted octanol–water partition coefficient (Wildman–Crippen LogP) is 5.52. The van der Waals surface area contributed by atoms with Crippen LogP contribution >= 0.6 is 11.6 Å². The number of carbonyl (C=O) groups is 1. The molecule has 0 aromatic heterocycles. The van der Waals surface area contributed by atoms with Crippen LogP contribution in [0.2, 0.25) is 5.02 Å². The lowest BCUT2D eigenvalue weighted by Crippen LogP contribution is -2.13. The summed E-state index contributed by atoms with van der Waals surface area (Å²) in [5, 5.41) is 3.11. The first-order valence-corrected chi connectivity index (χ1v) is 7.70. The van der Waals surface area contributed by atoms with Crippen molar-refractivity contribution >= 4 is 23.2 Å². The molecule has 0 aliphatic rings.